The van der Waals surface area contributed by atoms with E-state index >= 15 is 0 Å². The van der Waals surface area contributed by atoms with Gasteiger partial charge in [0, 0.05) is 38.8 Å². The van der Waals surface area contributed by atoms with Gasteiger partial charge in [0.2, 0.25) is 5.91 Å². The highest BCUT2D eigenvalue weighted by Gasteiger charge is 2.22. The monoisotopic (exact) mass is 227 g/mol. The first-order valence-electron chi connectivity index (χ1n) is 6.07. The second-order valence-electron chi connectivity index (χ2n) is 4.58. The number of nitrogens with zero attached hydrogens (tertiary/aromatic N) is 2. The number of carbonyl (C=O) groups excluding carboxylic acids is 1. The number of hydrogen-bond donors (Lipinski definition) is 1. The van der Waals surface area contributed by atoms with Gasteiger partial charge in [-0.3, -0.25) is 9.69 Å². The van der Waals surface area contributed by atoms with E-state index in [1.165, 1.54) is 0 Å². The van der Waals surface area contributed by atoms with Crippen LogP contribution in [0.5, 0.6) is 0 Å². The van der Waals surface area contributed by atoms with Gasteiger partial charge in [0.05, 0.1) is 19.8 Å². The summed E-state index contributed by atoms with van der Waals surface area (Å²) in [6, 6.07) is 0.492. The molecule has 0 bridgehead atoms. The lowest BCUT2D eigenvalue weighted by Crippen LogP contribution is -2.53. The van der Waals surface area contributed by atoms with Crippen LogP contribution in [0.1, 0.15) is 6.92 Å². The summed E-state index contributed by atoms with van der Waals surface area (Å²) in [5, 5.41) is 3.38. The summed E-state index contributed by atoms with van der Waals surface area (Å²) in [6.45, 7) is 8.51. The molecule has 2 heterocycles. The second kappa shape index (κ2) is 5.61. The minimum atomic E-state index is 0.248. The fourth-order valence-corrected chi connectivity index (χ4v) is 2.26. The summed E-state index contributed by atoms with van der Waals surface area (Å²) in [5.41, 5.74) is 0. The molecule has 2 rings (SSSR count). The molecule has 2 aliphatic heterocycles. The minimum Gasteiger partial charge on any atom is -0.378 e. The zero-order valence-corrected chi connectivity index (χ0v) is 9.95. The molecular formula is C11H21N3O2. The maximum absolute atomic E-state index is 12.0. The third-order valence-electron chi connectivity index (χ3n) is 3.18. The van der Waals surface area contributed by atoms with E-state index in [-0.39, 0.29) is 5.91 Å². The molecule has 0 unspecified atom stereocenters. The van der Waals surface area contributed by atoms with E-state index in [0.29, 0.717) is 25.8 Å². The van der Waals surface area contributed by atoms with Gasteiger partial charge in [-0.1, -0.05) is 0 Å². The van der Waals surface area contributed by atoms with Crippen molar-refractivity contribution in [1.82, 2.24) is 15.1 Å². The standard InChI is InChI=1S/C11H21N3O2/c1-10-8-13(3-2-12-10)9-11(15)14-4-6-16-7-5-14/h10,12H,2-9H2,1H3/t10-/m0/s1. The zero-order valence-electron chi connectivity index (χ0n) is 9.95. The van der Waals surface area contributed by atoms with Gasteiger partial charge in [0.1, 0.15) is 0 Å². The predicted molar refractivity (Wildman–Crippen MR) is 61.3 cm³/mol. The molecule has 0 radical (unpaired) electrons. The van der Waals surface area contributed by atoms with Crippen LogP contribution in [0.3, 0.4) is 0 Å². The number of carbonyl (C=O) groups is 1. The van der Waals surface area contributed by atoms with E-state index in [9.17, 15) is 4.79 Å². The largest absolute Gasteiger partial charge is 0.378 e. The molecule has 2 aliphatic rings. The highest BCUT2D eigenvalue weighted by atomic mass is 16.5. The lowest BCUT2D eigenvalue weighted by molar-refractivity contribution is -0.136. The van der Waals surface area contributed by atoms with Crippen molar-refractivity contribution >= 4 is 5.91 Å². The third-order valence-corrected chi connectivity index (χ3v) is 3.18. The van der Waals surface area contributed by atoms with Gasteiger partial charge in [-0.05, 0) is 6.92 Å². The van der Waals surface area contributed by atoms with E-state index in [2.05, 4.69) is 17.1 Å². The van der Waals surface area contributed by atoms with Crippen molar-refractivity contribution in [2.75, 3.05) is 52.5 Å². The Labute approximate surface area is 96.7 Å². The van der Waals surface area contributed by atoms with E-state index in [1.807, 2.05) is 4.90 Å². The van der Waals surface area contributed by atoms with Crippen LogP contribution in [-0.4, -0.2) is 74.2 Å². The van der Waals surface area contributed by atoms with E-state index in [0.717, 1.165) is 32.7 Å². The van der Waals surface area contributed by atoms with Gasteiger partial charge in [-0.15, -0.1) is 0 Å². The minimum absolute atomic E-state index is 0.248. The summed E-state index contributed by atoms with van der Waals surface area (Å²) in [5.74, 6) is 0.248. The second-order valence-corrected chi connectivity index (χ2v) is 4.58. The molecule has 1 atom stereocenters. The van der Waals surface area contributed by atoms with E-state index < -0.39 is 0 Å². The predicted octanol–water partition coefficient (Wildman–Crippen LogP) is -0.861. The molecule has 2 saturated heterocycles. The first-order valence-corrected chi connectivity index (χ1v) is 6.07. The fraction of sp³-hybridized carbons (Fsp3) is 0.909. The van der Waals surface area contributed by atoms with Crippen LogP contribution < -0.4 is 5.32 Å². The molecule has 1 amide bonds. The summed E-state index contributed by atoms with van der Waals surface area (Å²) < 4.78 is 5.24. The quantitative estimate of drug-likeness (QED) is 0.667. The number of amides is 1. The van der Waals surface area contributed by atoms with Crippen LogP contribution in [0.2, 0.25) is 0 Å². The Kier molecular flexibility index (Phi) is 4.15. The van der Waals surface area contributed by atoms with Crippen molar-refractivity contribution in [1.29, 1.82) is 0 Å². The Bertz CT molecular complexity index is 241. The van der Waals surface area contributed by atoms with Crippen molar-refractivity contribution in [3.05, 3.63) is 0 Å². The topological polar surface area (TPSA) is 44.8 Å². The summed E-state index contributed by atoms with van der Waals surface area (Å²) in [4.78, 5) is 16.1. The molecule has 0 aromatic rings. The normalized spacial score (nSPS) is 28.1. The Morgan fingerprint density at radius 1 is 1.38 bits per heavy atom. The number of piperazine rings is 1. The maximum Gasteiger partial charge on any atom is 0.236 e. The smallest absolute Gasteiger partial charge is 0.236 e. The molecule has 0 spiro atoms. The SMILES string of the molecule is C[C@H]1CN(CC(=O)N2CCOCC2)CCN1. The van der Waals surface area contributed by atoms with E-state index in [4.69, 9.17) is 4.74 Å². The number of rotatable bonds is 2. The summed E-state index contributed by atoms with van der Waals surface area (Å²) >= 11 is 0. The summed E-state index contributed by atoms with van der Waals surface area (Å²) in [6.07, 6.45) is 0. The molecule has 0 aliphatic carbocycles. The van der Waals surface area contributed by atoms with E-state index in [1.54, 1.807) is 0 Å². The van der Waals surface area contributed by atoms with Crippen LogP contribution in [-0.2, 0) is 9.53 Å². The number of hydrogen-bond acceptors (Lipinski definition) is 4. The summed E-state index contributed by atoms with van der Waals surface area (Å²) in [7, 11) is 0. The van der Waals surface area contributed by atoms with Crippen LogP contribution in [0, 0.1) is 0 Å². The van der Waals surface area contributed by atoms with Gasteiger partial charge in [-0.25, -0.2) is 0 Å². The molecular weight excluding hydrogens is 206 g/mol. The molecule has 0 aromatic heterocycles. The Hall–Kier alpha value is -0.650. The molecule has 0 aromatic carbocycles. The zero-order chi connectivity index (χ0) is 11.4. The first-order chi connectivity index (χ1) is 7.75. The van der Waals surface area contributed by atoms with Crippen molar-refractivity contribution in [3.63, 3.8) is 0 Å². The molecule has 1 N–H and O–H groups in total. The van der Waals surface area contributed by atoms with Crippen molar-refractivity contribution in [2.24, 2.45) is 0 Å². The molecule has 5 heteroatoms. The first kappa shape index (κ1) is 11.8. The lowest BCUT2D eigenvalue weighted by Gasteiger charge is -2.34. The molecule has 0 saturated carbocycles. The molecule has 5 nitrogen and oxygen atoms in total. The van der Waals surface area contributed by atoms with Crippen molar-refractivity contribution in [3.8, 4) is 0 Å². The van der Waals surface area contributed by atoms with Crippen LogP contribution in [0.25, 0.3) is 0 Å². The van der Waals surface area contributed by atoms with Gasteiger partial charge >= 0.3 is 0 Å². The fourth-order valence-electron chi connectivity index (χ4n) is 2.26. The number of ether oxygens (including phenoxy) is 1. The highest BCUT2D eigenvalue weighted by Crippen LogP contribution is 2.02. The van der Waals surface area contributed by atoms with Crippen molar-refractivity contribution < 1.29 is 9.53 Å². The van der Waals surface area contributed by atoms with Crippen LogP contribution >= 0.6 is 0 Å². The molecule has 92 valence electrons. The van der Waals surface area contributed by atoms with Gasteiger partial charge in [0.15, 0.2) is 0 Å². The third kappa shape index (κ3) is 3.17. The van der Waals surface area contributed by atoms with Crippen molar-refractivity contribution in [2.45, 2.75) is 13.0 Å². The van der Waals surface area contributed by atoms with Gasteiger partial charge in [-0.2, -0.15) is 0 Å². The van der Waals surface area contributed by atoms with Crippen LogP contribution in [0.15, 0.2) is 0 Å². The molecule has 16 heavy (non-hydrogen) atoms. The lowest BCUT2D eigenvalue weighted by atomic mass is 10.2. The number of nitrogens with one attached hydrogen (secondary N) is 1. The maximum atomic E-state index is 12.0. The Balaban J connectivity index is 1.77. The average molecular weight is 227 g/mol. The van der Waals surface area contributed by atoms with Crippen LogP contribution in [0.4, 0.5) is 0 Å². The highest BCUT2D eigenvalue weighted by molar-refractivity contribution is 5.78. The van der Waals surface area contributed by atoms with Gasteiger partial charge in [0.25, 0.3) is 0 Å². The Morgan fingerprint density at radius 2 is 2.12 bits per heavy atom. The number of morpholine rings is 1. The Morgan fingerprint density at radius 3 is 2.81 bits per heavy atom. The average Bonchev–Trinajstić information content (AvgIpc) is 2.30. The molecule has 2 fully saturated rings. The van der Waals surface area contributed by atoms with Gasteiger partial charge < -0.3 is 15.0 Å².